The Labute approximate surface area is 146 Å². The molecule has 4 nitrogen and oxygen atoms in total. The van der Waals surface area contributed by atoms with Crippen LogP contribution in [0.15, 0.2) is 24.3 Å². The van der Waals surface area contributed by atoms with Gasteiger partial charge in [0, 0.05) is 32.7 Å². The summed E-state index contributed by atoms with van der Waals surface area (Å²) in [5, 5.41) is 10.1. The van der Waals surface area contributed by atoms with Crippen molar-refractivity contribution in [2.45, 2.75) is 20.0 Å². The van der Waals surface area contributed by atoms with E-state index in [1.807, 2.05) is 31.2 Å². The summed E-state index contributed by atoms with van der Waals surface area (Å²) in [7, 11) is 0. The molecule has 1 atom stereocenters. The molecule has 1 aliphatic heterocycles. The molecule has 0 spiro atoms. The van der Waals surface area contributed by atoms with Gasteiger partial charge in [-0.05, 0) is 31.2 Å². The number of likely N-dealkylation sites (N-methyl/N-ethyl adjacent to an activating group) is 1. The second-order valence-corrected chi connectivity index (χ2v) is 5.52. The molecule has 1 aromatic rings. The average molecular weight is 349 g/mol. The molecule has 0 aromatic heterocycles. The number of piperazine rings is 1. The third-order valence-electron chi connectivity index (χ3n) is 3.81. The Kier molecular flexibility index (Phi) is 10.8. The second kappa shape index (κ2) is 11.1. The van der Waals surface area contributed by atoms with E-state index in [9.17, 15) is 5.11 Å². The Bertz CT molecular complexity index is 413. The smallest absolute Gasteiger partial charge is 0.119 e. The minimum absolute atomic E-state index is 0. The minimum Gasteiger partial charge on any atom is -1.00 e. The molecule has 1 saturated heterocycles. The van der Waals surface area contributed by atoms with Gasteiger partial charge in [0.15, 0.2) is 0 Å². The van der Waals surface area contributed by atoms with E-state index < -0.39 is 6.10 Å². The van der Waals surface area contributed by atoms with Gasteiger partial charge >= 0.3 is 0 Å². The number of nitrogens with zero attached hydrogens (tertiary/aromatic N) is 2. The number of rotatable bonds is 6. The monoisotopic (exact) mass is 348 g/mol. The van der Waals surface area contributed by atoms with E-state index in [0.29, 0.717) is 13.2 Å². The van der Waals surface area contributed by atoms with Crippen molar-refractivity contribution in [3.05, 3.63) is 29.8 Å². The van der Waals surface area contributed by atoms with Crippen LogP contribution in [0, 0.1) is 6.92 Å². The van der Waals surface area contributed by atoms with Gasteiger partial charge in [-0.2, -0.15) is 0 Å². The molecule has 0 bridgehead atoms. The maximum absolute atomic E-state index is 10.1. The molecule has 2 rings (SSSR count). The van der Waals surface area contributed by atoms with Crippen molar-refractivity contribution in [3.63, 3.8) is 0 Å². The van der Waals surface area contributed by atoms with E-state index in [0.717, 1.165) is 38.5 Å². The van der Waals surface area contributed by atoms with Gasteiger partial charge in [-0.1, -0.05) is 19.1 Å². The first-order valence-electron chi connectivity index (χ1n) is 7.49. The Morgan fingerprint density at radius 3 is 2.36 bits per heavy atom. The lowest BCUT2D eigenvalue weighted by atomic mass is 10.2. The molecule has 1 fully saturated rings. The SMILES string of the molecule is CCN1CCN(CC(O)COc2cccc(C)c2)CC1.[Cl-].[Cl-]. The topological polar surface area (TPSA) is 35.9 Å². The van der Waals surface area contributed by atoms with Crippen molar-refractivity contribution in [2.24, 2.45) is 0 Å². The highest BCUT2D eigenvalue weighted by Crippen LogP contribution is 2.12. The van der Waals surface area contributed by atoms with Crippen LogP contribution in [0.1, 0.15) is 12.5 Å². The summed E-state index contributed by atoms with van der Waals surface area (Å²) >= 11 is 0. The maximum Gasteiger partial charge on any atom is 0.119 e. The van der Waals surface area contributed by atoms with Crippen LogP contribution in [0.2, 0.25) is 0 Å². The number of aliphatic hydroxyl groups is 1. The highest BCUT2D eigenvalue weighted by atomic mass is 35.5. The Morgan fingerprint density at radius 2 is 1.77 bits per heavy atom. The third kappa shape index (κ3) is 7.16. The summed E-state index contributed by atoms with van der Waals surface area (Å²) in [6, 6.07) is 7.93. The number of benzene rings is 1. The van der Waals surface area contributed by atoms with Crippen LogP contribution in [0.4, 0.5) is 0 Å². The summed E-state index contributed by atoms with van der Waals surface area (Å²) < 4.78 is 5.65. The molecule has 1 heterocycles. The largest absolute Gasteiger partial charge is 1.00 e. The van der Waals surface area contributed by atoms with Gasteiger partial charge in [-0.15, -0.1) is 0 Å². The molecule has 0 amide bonds. The number of ether oxygens (including phenoxy) is 1. The van der Waals surface area contributed by atoms with Gasteiger partial charge in [0.1, 0.15) is 18.5 Å². The molecule has 1 unspecified atom stereocenters. The number of hydrogen-bond acceptors (Lipinski definition) is 4. The molecule has 0 radical (unpaired) electrons. The van der Waals surface area contributed by atoms with Gasteiger partial charge in [0.05, 0.1) is 0 Å². The summed E-state index contributed by atoms with van der Waals surface area (Å²) in [5.74, 6) is 0.833. The maximum atomic E-state index is 10.1. The van der Waals surface area contributed by atoms with Gasteiger partial charge in [-0.25, -0.2) is 0 Å². The molecule has 1 aromatic carbocycles. The number of hydrogen-bond donors (Lipinski definition) is 1. The van der Waals surface area contributed by atoms with Gasteiger partial charge < -0.3 is 39.6 Å². The predicted octanol–water partition coefficient (Wildman–Crippen LogP) is -4.62. The van der Waals surface area contributed by atoms with Crippen LogP contribution in [0.3, 0.4) is 0 Å². The third-order valence-corrected chi connectivity index (χ3v) is 3.81. The van der Waals surface area contributed by atoms with Crippen LogP contribution in [0.5, 0.6) is 5.75 Å². The zero-order valence-electron chi connectivity index (χ0n) is 13.3. The number of aliphatic hydroxyl groups excluding tert-OH is 1. The number of aryl methyl sites for hydroxylation is 1. The molecule has 128 valence electrons. The zero-order chi connectivity index (χ0) is 14.4. The van der Waals surface area contributed by atoms with Gasteiger partial charge in [0.25, 0.3) is 0 Å². The Morgan fingerprint density at radius 1 is 1.14 bits per heavy atom. The standard InChI is InChI=1S/C16H26N2O2.2ClH/c1-3-17-7-9-18(10-8-17)12-15(19)13-20-16-6-4-5-14(2)11-16;;/h4-6,11,15,19H,3,7-10,12-13H2,1-2H3;2*1H/p-2. The molecular formula is C16H26Cl2N2O2-2. The highest BCUT2D eigenvalue weighted by Gasteiger charge is 2.18. The number of β-amino-alcohol motifs (C(OH)–C–C–N with tert-alkyl or cyclic N) is 1. The van der Waals surface area contributed by atoms with Crippen LogP contribution in [-0.4, -0.2) is 66.9 Å². The predicted molar refractivity (Wildman–Crippen MR) is 81.2 cm³/mol. The van der Waals surface area contributed by atoms with E-state index in [2.05, 4.69) is 16.7 Å². The lowest BCUT2D eigenvalue weighted by molar-refractivity contribution is -0.00100. The molecule has 22 heavy (non-hydrogen) atoms. The van der Waals surface area contributed by atoms with E-state index in [4.69, 9.17) is 4.74 Å². The molecule has 1 aliphatic rings. The minimum atomic E-state index is -0.427. The van der Waals surface area contributed by atoms with Crippen molar-refractivity contribution in [2.75, 3.05) is 45.9 Å². The van der Waals surface area contributed by atoms with E-state index in [-0.39, 0.29) is 24.8 Å². The van der Waals surface area contributed by atoms with Crippen molar-refractivity contribution in [1.82, 2.24) is 9.80 Å². The average Bonchev–Trinajstić information content (AvgIpc) is 2.46. The van der Waals surface area contributed by atoms with Crippen LogP contribution in [0.25, 0.3) is 0 Å². The first kappa shape index (κ1) is 21.5. The van der Waals surface area contributed by atoms with Crippen molar-refractivity contribution in [1.29, 1.82) is 0 Å². The van der Waals surface area contributed by atoms with E-state index in [1.165, 1.54) is 5.56 Å². The molecule has 0 aliphatic carbocycles. The highest BCUT2D eigenvalue weighted by molar-refractivity contribution is 5.27. The van der Waals surface area contributed by atoms with Crippen molar-refractivity contribution in [3.8, 4) is 5.75 Å². The fourth-order valence-electron chi connectivity index (χ4n) is 2.54. The fourth-order valence-corrected chi connectivity index (χ4v) is 2.54. The second-order valence-electron chi connectivity index (χ2n) is 5.52. The van der Waals surface area contributed by atoms with Crippen LogP contribution >= 0.6 is 0 Å². The lowest BCUT2D eigenvalue weighted by Gasteiger charge is -2.34. The number of halogens is 2. The van der Waals surface area contributed by atoms with Crippen LogP contribution in [-0.2, 0) is 0 Å². The Hall–Kier alpha value is -0.520. The molecular weight excluding hydrogens is 323 g/mol. The molecule has 1 N–H and O–H groups in total. The van der Waals surface area contributed by atoms with Crippen LogP contribution < -0.4 is 29.6 Å². The van der Waals surface area contributed by atoms with Crippen molar-refractivity contribution < 1.29 is 34.7 Å². The summed E-state index contributed by atoms with van der Waals surface area (Å²) in [6.45, 7) is 10.7. The quantitative estimate of drug-likeness (QED) is 0.561. The van der Waals surface area contributed by atoms with Gasteiger partial charge in [0.2, 0.25) is 0 Å². The van der Waals surface area contributed by atoms with Gasteiger partial charge in [-0.3, -0.25) is 4.90 Å². The molecule has 6 heteroatoms. The van der Waals surface area contributed by atoms with Crippen molar-refractivity contribution >= 4 is 0 Å². The van der Waals surface area contributed by atoms with E-state index >= 15 is 0 Å². The summed E-state index contributed by atoms with van der Waals surface area (Å²) in [5.41, 5.74) is 1.17. The Balaban J connectivity index is 0.00000220. The summed E-state index contributed by atoms with van der Waals surface area (Å²) in [4.78, 5) is 4.75. The lowest BCUT2D eigenvalue weighted by Crippen LogP contribution is -3.00. The normalized spacial score (nSPS) is 17.2. The first-order valence-corrected chi connectivity index (χ1v) is 7.49. The zero-order valence-corrected chi connectivity index (χ0v) is 14.9. The molecule has 0 saturated carbocycles. The fraction of sp³-hybridized carbons (Fsp3) is 0.625. The van der Waals surface area contributed by atoms with E-state index in [1.54, 1.807) is 0 Å². The first-order chi connectivity index (χ1) is 9.67. The summed E-state index contributed by atoms with van der Waals surface area (Å²) in [6.07, 6.45) is -0.427.